The summed E-state index contributed by atoms with van der Waals surface area (Å²) in [6.07, 6.45) is 9.31. The van der Waals surface area contributed by atoms with Gasteiger partial charge in [-0.25, -0.2) is 13.9 Å². The number of para-hydroxylation sites is 1. The van der Waals surface area contributed by atoms with Crippen LogP contribution in [-0.2, 0) is 19.6 Å². The number of nitrogens with zero attached hydrogens (tertiary/aromatic N) is 1. The molecule has 0 aromatic heterocycles. The van der Waals surface area contributed by atoms with E-state index in [1.165, 1.54) is 0 Å². The molecule has 35 heavy (non-hydrogen) atoms. The summed E-state index contributed by atoms with van der Waals surface area (Å²) in [5, 5.41) is 9.44. The van der Waals surface area contributed by atoms with E-state index in [2.05, 4.69) is 5.43 Å². The standard InChI is InChI=1S/C26H33N3O5S/c1-35(33,34)29(22-16-6-3-7-17-22)27-25(30)24(19-21-13-8-9-14-21)23(26(31)28-32)18-10-15-20-11-4-2-5-12-20/h2-7,10-12,15-17,21,23-24,32H,8-9,13-14,18-19H2,1H3,(H,27,30)(H,28,31)/t23-,24+/m0/s1. The molecule has 2 aromatic carbocycles. The molecule has 2 amide bonds. The van der Waals surface area contributed by atoms with Gasteiger partial charge in [-0.1, -0.05) is 86.4 Å². The van der Waals surface area contributed by atoms with E-state index >= 15 is 0 Å². The average molecular weight is 500 g/mol. The van der Waals surface area contributed by atoms with Crippen molar-refractivity contribution in [3.05, 3.63) is 72.3 Å². The fraction of sp³-hybridized carbons (Fsp3) is 0.385. The Balaban J connectivity index is 1.88. The molecule has 1 aliphatic carbocycles. The average Bonchev–Trinajstić information content (AvgIpc) is 3.37. The molecule has 2 atom stereocenters. The van der Waals surface area contributed by atoms with Crippen molar-refractivity contribution in [1.29, 1.82) is 0 Å². The van der Waals surface area contributed by atoms with Crippen molar-refractivity contribution in [2.75, 3.05) is 10.7 Å². The molecule has 0 heterocycles. The van der Waals surface area contributed by atoms with Crippen LogP contribution in [0.5, 0.6) is 0 Å². The molecule has 2 aromatic rings. The summed E-state index contributed by atoms with van der Waals surface area (Å²) < 4.78 is 25.8. The first-order chi connectivity index (χ1) is 16.8. The maximum absolute atomic E-state index is 13.6. The molecule has 0 saturated heterocycles. The predicted octanol–water partition coefficient (Wildman–Crippen LogP) is 3.91. The largest absolute Gasteiger partial charge is 0.289 e. The number of benzene rings is 2. The van der Waals surface area contributed by atoms with Gasteiger partial charge in [-0.05, 0) is 36.5 Å². The highest BCUT2D eigenvalue weighted by atomic mass is 32.2. The molecule has 0 unspecified atom stereocenters. The number of carbonyl (C=O) groups is 2. The van der Waals surface area contributed by atoms with E-state index < -0.39 is 33.7 Å². The third kappa shape index (κ3) is 7.66. The molecule has 8 nitrogen and oxygen atoms in total. The van der Waals surface area contributed by atoms with Gasteiger partial charge in [0.2, 0.25) is 21.8 Å². The van der Waals surface area contributed by atoms with Crippen molar-refractivity contribution in [2.24, 2.45) is 17.8 Å². The number of rotatable bonds is 11. The second-order valence-electron chi connectivity index (χ2n) is 8.96. The normalized spacial score (nSPS) is 16.1. The van der Waals surface area contributed by atoms with Crippen LogP contribution in [0.15, 0.2) is 66.7 Å². The van der Waals surface area contributed by atoms with Gasteiger partial charge in [-0.2, -0.15) is 4.41 Å². The van der Waals surface area contributed by atoms with Crippen LogP contribution < -0.4 is 15.3 Å². The van der Waals surface area contributed by atoms with Crippen molar-refractivity contribution >= 4 is 33.6 Å². The number of hydrogen-bond acceptors (Lipinski definition) is 5. The van der Waals surface area contributed by atoms with Gasteiger partial charge in [0.05, 0.1) is 23.8 Å². The van der Waals surface area contributed by atoms with Gasteiger partial charge in [0.15, 0.2) is 0 Å². The number of hydroxylamine groups is 1. The van der Waals surface area contributed by atoms with Crippen LogP contribution in [0.25, 0.3) is 6.08 Å². The van der Waals surface area contributed by atoms with Crippen molar-refractivity contribution in [3.8, 4) is 0 Å². The third-order valence-corrected chi connectivity index (χ3v) is 7.33. The molecule has 0 spiro atoms. The van der Waals surface area contributed by atoms with Gasteiger partial charge in [0.1, 0.15) is 0 Å². The fourth-order valence-corrected chi connectivity index (χ4v) is 5.36. The molecule has 188 valence electrons. The number of hydrogen-bond donors (Lipinski definition) is 3. The Morgan fingerprint density at radius 3 is 2.17 bits per heavy atom. The van der Waals surface area contributed by atoms with E-state index in [0.717, 1.165) is 41.9 Å². The molecular formula is C26H33N3O5S. The van der Waals surface area contributed by atoms with Gasteiger partial charge >= 0.3 is 0 Å². The number of hydrazine groups is 1. The molecule has 1 fully saturated rings. The SMILES string of the molecule is CS(=O)(=O)N(NC(=O)[C@H](CC1CCCC1)[C@H](CC=Cc1ccccc1)C(=O)NO)c1ccccc1. The summed E-state index contributed by atoms with van der Waals surface area (Å²) in [4.78, 5) is 26.3. The first-order valence-electron chi connectivity index (χ1n) is 11.8. The Kier molecular flexibility index (Phi) is 9.45. The third-order valence-electron chi connectivity index (χ3n) is 6.37. The van der Waals surface area contributed by atoms with Crippen LogP contribution in [0.2, 0.25) is 0 Å². The quantitative estimate of drug-likeness (QED) is 0.320. The van der Waals surface area contributed by atoms with Crippen LogP contribution in [0, 0.1) is 17.8 Å². The highest BCUT2D eigenvalue weighted by Gasteiger charge is 2.37. The van der Waals surface area contributed by atoms with Crippen LogP contribution in [0.3, 0.4) is 0 Å². The monoisotopic (exact) mass is 499 g/mol. The lowest BCUT2D eigenvalue weighted by atomic mass is 9.80. The lowest BCUT2D eigenvalue weighted by molar-refractivity contribution is -0.140. The second kappa shape index (κ2) is 12.5. The summed E-state index contributed by atoms with van der Waals surface area (Å²) >= 11 is 0. The first-order valence-corrected chi connectivity index (χ1v) is 13.7. The van der Waals surface area contributed by atoms with Crippen LogP contribution in [0.4, 0.5) is 5.69 Å². The van der Waals surface area contributed by atoms with E-state index in [9.17, 15) is 23.2 Å². The zero-order chi connectivity index (χ0) is 25.3. The second-order valence-corrected chi connectivity index (χ2v) is 10.8. The lowest BCUT2D eigenvalue weighted by Crippen LogP contribution is -2.51. The van der Waals surface area contributed by atoms with E-state index in [4.69, 9.17) is 0 Å². The molecule has 1 saturated carbocycles. The Labute approximate surface area is 207 Å². The Morgan fingerprint density at radius 2 is 1.60 bits per heavy atom. The molecular weight excluding hydrogens is 466 g/mol. The minimum Gasteiger partial charge on any atom is -0.289 e. The van der Waals surface area contributed by atoms with E-state index in [1.807, 2.05) is 36.4 Å². The smallest absolute Gasteiger partial charge is 0.249 e. The van der Waals surface area contributed by atoms with E-state index in [1.54, 1.807) is 41.9 Å². The number of carbonyl (C=O) groups excluding carboxylic acids is 2. The number of nitrogens with one attached hydrogen (secondary N) is 2. The summed E-state index contributed by atoms with van der Waals surface area (Å²) in [6, 6.07) is 17.8. The van der Waals surface area contributed by atoms with Gasteiger partial charge in [0.25, 0.3) is 0 Å². The highest BCUT2D eigenvalue weighted by molar-refractivity contribution is 7.92. The highest BCUT2D eigenvalue weighted by Crippen LogP contribution is 2.34. The van der Waals surface area contributed by atoms with Gasteiger partial charge in [-0.3, -0.25) is 20.2 Å². The number of allylic oxidation sites excluding steroid dienone is 1. The van der Waals surface area contributed by atoms with Gasteiger partial charge < -0.3 is 0 Å². The van der Waals surface area contributed by atoms with Crippen molar-refractivity contribution < 1.29 is 23.2 Å². The molecule has 0 bridgehead atoms. The summed E-state index contributed by atoms with van der Waals surface area (Å²) in [7, 11) is -3.84. The topological polar surface area (TPSA) is 116 Å². The fourth-order valence-electron chi connectivity index (χ4n) is 4.60. The minimum absolute atomic E-state index is 0.205. The Bertz CT molecular complexity index is 1100. The van der Waals surface area contributed by atoms with Crippen molar-refractivity contribution in [1.82, 2.24) is 10.9 Å². The first kappa shape index (κ1) is 26.4. The Morgan fingerprint density at radius 1 is 1.00 bits per heavy atom. The molecule has 9 heteroatoms. The molecule has 3 N–H and O–H groups in total. The summed E-state index contributed by atoms with van der Waals surface area (Å²) in [6.45, 7) is 0. The number of sulfonamides is 1. The zero-order valence-electron chi connectivity index (χ0n) is 19.8. The number of anilines is 1. The summed E-state index contributed by atoms with van der Waals surface area (Å²) in [5.74, 6) is -2.71. The minimum atomic E-state index is -3.84. The molecule has 3 rings (SSSR count). The lowest BCUT2D eigenvalue weighted by Gasteiger charge is -2.30. The maximum atomic E-state index is 13.6. The van der Waals surface area contributed by atoms with Crippen LogP contribution in [-0.4, -0.2) is 31.7 Å². The predicted molar refractivity (Wildman–Crippen MR) is 135 cm³/mol. The molecule has 0 radical (unpaired) electrons. The van der Waals surface area contributed by atoms with E-state index in [-0.39, 0.29) is 18.0 Å². The van der Waals surface area contributed by atoms with Crippen LogP contribution in [0.1, 0.15) is 44.1 Å². The Hall–Kier alpha value is -3.17. The summed E-state index contributed by atoms with van der Waals surface area (Å²) in [5.41, 5.74) is 5.47. The van der Waals surface area contributed by atoms with Gasteiger partial charge in [-0.15, -0.1) is 0 Å². The zero-order valence-corrected chi connectivity index (χ0v) is 20.7. The van der Waals surface area contributed by atoms with Crippen molar-refractivity contribution in [3.63, 3.8) is 0 Å². The molecule has 1 aliphatic rings. The van der Waals surface area contributed by atoms with E-state index in [0.29, 0.717) is 6.42 Å². The maximum Gasteiger partial charge on any atom is 0.249 e. The van der Waals surface area contributed by atoms with Crippen molar-refractivity contribution in [2.45, 2.75) is 38.5 Å². The van der Waals surface area contributed by atoms with Crippen LogP contribution >= 0.6 is 0 Å². The van der Waals surface area contributed by atoms with Gasteiger partial charge in [0, 0.05) is 0 Å². The molecule has 0 aliphatic heterocycles. The number of amides is 2.